The number of unbranched alkanes of at least 4 members (excludes halogenated alkanes) is 11. The predicted octanol–water partition coefficient (Wildman–Crippen LogP) is 8.15. The molecular formula is C29H39NO3. The van der Waals surface area contributed by atoms with Crippen LogP contribution in [-0.4, -0.2) is 17.2 Å². The highest BCUT2D eigenvalue weighted by Gasteiger charge is 2.18. The van der Waals surface area contributed by atoms with Gasteiger partial charge in [-0.1, -0.05) is 102 Å². The van der Waals surface area contributed by atoms with Gasteiger partial charge in [-0.3, -0.25) is 0 Å². The predicted molar refractivity (Wildman–Crippen MR) is 134 cm³/mol. The lowest BCUT2D eigenvalue weighted by molar-refractivity contribution is -0.145. The van der Waals surface area contributed by atoms with Gasteiger partial charge in [0.2, 0.25) is 0 Å². The molecule has 0 aliphatic rings. The Balaban J connectivity index is 1.65. The first-order valence-corrected chi connectivity index (χ1v) is 12.6. The van der Waals surface area contributed by atoms with Crippen LogP contribution in [0.2, 0.25) is 0 Å². The van der Waals surface area contributed by atoms with E-state index in [-0.39, 0.29) is 0 Å². The van der Waals surface area contributed by atoms with Crippen molar-refractivity contribution in [1.29, 1.82) is 5.26 Å². The van der Waals surface area contributed by atoms with Crippen LogP contribution < -0.4 is 4.74 Å². The number of aliphatic carboxylic acids is 1. The monoisotopic (exact) mass is 449 g/mol. The lowest BCUT2D eigenvalue weighted by Gasteiger charge is -2.15. The smallest absolute Gasteiger partial charge is 0.344 e. The number of carboxylic acid groups (broad SMARTS) is 1. The van der Waals surface area contributed by atoms with Crippen LogP contribution in [0.5, 0.6) is 5.75 Å². The molecule has 0 saturated heterocycles. The highest BCUT2D eigenvalue weighted by molar-refractivity contribution is 5.73. The molecule has 2 aromatic rings. The van der Waals surface area contributed by atoms with Gasteiger partial charge in [-0.15, -0.1) is 0 Å². The van der Waals surface area contributed by atoms with E-state index >= 15 is 0 Å². The van der Waals surface area contributed by atoms with Crippen LogP contribution in [0.4, 0.5) is 0 Å². The van der Waals surface area contributed by atoms with Crippen LogP contribution >= 0.6 is 0 Å². The minimum atomic E-state index is -0.908. The molecule has 0 radical (unpaired) electrons. The zero-order valence-electron chi connectivity index (χ0n) is 20.1. The van der Waals surface area contributed by atoms with Crippen molar-refractivity contribution in [2.24, 2.45) is 0 Å². The molecular weight excluding hydrogens is 410 g/mol. The van der Waals surface area contributed by atoms with Gasteiger partial charge in [0.05, 0.1) is 11.6 Å². The third-order valence-corrected chi connectivity index (χ3v) is 6.08. The normalized spacial score (nSPS) is 11.6. The molecule has 0 saturated carbocycles. The minimum Gasteiger partial charge on any atom is -0.479 e. The first-order chi connectivity index (χ1) is 16.1. The lowest BCUT2D eigenvalue weighted by atomic mass is 10.0. The van der Waals surface area contributed by atoms with Gasteiger partial charge in [-0.2, -0.15) is 5.26 Å². The molecule has 0 aromatic heterocycles. The summed E-state index contributed by atoms with van der Waals surface area (Å²) in [4.78, 5) is 11.6. The number of hydrogen-bond donors (Lipinski definition) is 1. The van der Waals surface area contributed by atoms with E-state index in [1.807, 2.05) is 36.4 Å². The number of nitriles is 1. The van der Waals surface area contributed by atoms with Crippen molar-refractivity contribution < 1.29 is 14.6 Å². The topological polar surface area (TPSA) is 70.3 Å². The second-order valence-electron chi connectivity index (χ2n) is 8.84. The van der Waals surface area contributed by atoms with Gasteiger partial charge >= 0.3 is 5.97 Å². The van der Waals surface area contributed by atoms with Crippen molar-refractivity contribution in [1.82, 2.24) is 0 Å². The quantitative estimate of drug-likeness (QED) is 0.247. The van der Waals surface area contributed by atoms with E-state index < -0.39 is 12.1 Å². The molecule has 4 nitrogen and oxygen atoms in total. The minimum absolute atomic E-state index is 0.532. The Morgan fingerprint density at radius 1 is 0.788 bits per heavy atom. The van der Waals surface area contributed by atoms with Crippen LogP contribution in [0.3, 0.4) is 0 Å². The number of carbonyl (C=O) groups is 1. The second kappa shape index (κ2) is 15.9. The Labute approximate surface area is 199 Å². The summed E-state index contributed by atoms with van der Waals surface area (Å²) in [6, 6.07) is 17.0. The van der Waals surface area contributed by atoms with E-state index in [0.717, 1.165) is 24.0 Å². The van der Waals surface area contributed by atoms with Crippen molar-refractivity contribution in [3.05, 3.63) is 54.1 Å². The number of nitrogens with zero attached hydrogens (tertiary/aromatic N) is 1. The van der Waals surface area contributed by atoms with E-state index in [2.05, 4.69) is 13.0 Å². The Hall–Kier alpha value is -2.80. The summed E-state index contributed by atoms with van der Waals surface area (Å²) < 4.78 is 5.76. The summed E-state index contributed by atoms with van der Waals surface area (Å²) in [7, 11) is 0. The molecule has 0 aliphatic carbocycles. The SMILES string of the molecule is CCCCCCCCCCCCCCC(Oc1ccc(-c2ccc(C#N)cc2)cc1)C(=O)O. The van der Waals surface area contributed by atoms with Crippen molar-refractivity contribution in [2.45, 2.75) is 96.5 Å². The molecule has 0 bridgehead atoms. The summed E-state index contributed by atoms with van der Waals surface area (Å²) in [6.45, 7) is 2.25. The molecule has 4 heteroatoms. The Morgan fingerprint density at radius 2 is 1.24 bits per heavy atom. The maximum Gasteiger partial charge on any atom is 0.344 e. The van der Waals surface area contributed by atoms with Crippen molar-refractivity contribution in [2.75, 3.05) is 0 Å². The molecule has 1 atom stereocenters. The van der Waals surface area contributed by atoms with E-state index in [1.165, 1.54) is 64.2 Å². The number of ether oxygens (including phenoxy) is 1. The van der Waals surface area contributed by atoms with Crippen LogP contribution in [0.15, 0.2) is 48.5 Å². The fraction of sp³-hybridized carbons (Fsp3) is 0.517. The van der Waals surface area contributed by atoms with E-state index in [4.69, 9.17) is 10.00 Å². The fourth-order valence-corrected chi connectivity index (χ4v) is 4.03. The third-order valence-electron chi connectivity index (χ3n) is 6.08. The molecule has 1 unspecified atom stereocenters. The number of hydrogen-bond acceptors (Lipinski definition) is 3. The van der Waals surface area contributed by atoms with E-state index in [1.54, 1.807) is 12.1 Å². The van der Waals surface area contributed by atoms with Crippen LogP contribution in [0, 0.1) is 11.3 Å². The van der Waals surface area contributed by atoms with Gasteiger partial charge in [-0.25, -0.2) is 4.79 Å². The van der Waals surface area contributed by atoms with E-state index in [9.17, 15) is 9.90 Å². The Bertz CT molecular complexity index is 837. The molecule has 0 heterocycles. The first kappa shape index (κ1) is 26.5. The highest BCUT2D eigenvalue weighted by Crippen LogP contribution is 2.24. The standard InChI is InChI=1S/C29H39NO3/c1-2-3-4-5-6-7-8-9-10-11-12-13-14-28(29(31)32)33-27-21-19-26(20-22-27)25-17-15-24(23-30)16-18-25/h15-22,28H,2-14H2,1H3,(H,31,32). The fourth-order valence-electron chi connectivity index (χ4n) is 4.03. The van der Waals surface area contributed by atoms with Crippen molar-refractivity contribution in [3.8, 4) is 22.9 Å². The molecule has 33 heavy (non-hydrogen) atoms. The maximum atomic E-state index is 11.6. The molecule has 2 rings (SSSR count). The average molecular weight is 450 g/mol. The summed E-state index contributed by atoms with van der Waals surface area (Å²) in [5.41, 5.74) is 2.63. The zero-order valence-corrected chi connectivity index (χ0v) is 20.1. The summed E-state index contributed by atoms with van der Waals surface area (Å²) in [6.07, 6.45) is 14.8. The largest absolute Gasteiger partial charge is 0.479 e. The van der Waals surface area contributed by atoms with Crippen LogP contribution in [0.25, 0.3) is 11.1 Å². The molecule has 0 fully saturated rings. The van der Waals surface area contributed by atoms with Gasteiger partial charge < -0.3 is 9.84 Å². The Morgan fingerprint density at radius 3 is 1.70 bits per heavy atom. The van der Waals surface area contributed by atoms with Gasteiger partial charge in [0, 0.05) is 0 Å². The second-order valence-corrected chi connectivity index (χ2v) is 8.84. The highest BCUT2D eigenvalue weighted by atomic mass is 16.5. The summed E-state index contributed by atoms with van der Waals surface area (Å²) in [5, 5.41) is 18.5. The van der Waals surface area contributed by atoms with E-state index in [0.29, 0.717) is 17.7 Å². The third kappa shape index (κ3) is 10.6. The molecule has 0 amide bonds. The summed E-state index contributed by atoms with van der Waals surface area (Å²) in [5.74, 6) is -0.340. The maximum absolute atomic E-state index is 11.6. The lowest BCUT2D eigenvalue weighted by Crippen LogP contribution is -2.26. The average Bonchev–Trinajstić information content (AvgIpc) is 2.84. The van der Waals surface area contributed by atoms with Crippen molar-refractivity contribution in [3.63, 3.8) is 0 Å². The number of benzene rings is 2. The molecule has 0 aliphatic heterocycles. The number of rotatable bonds is 17. The summed E-state index contributed by atoms with van der Waals surface area (Å²) >= 11 is 0. The van der Waals surface area contributed by atoms with Crippen LogP contribution in [0.1, 0.15) is 96.0 Å². The molecule has 1 N–H and O–H groups in total. The van der Waals surface area contributed by atoms with Gasteiger partial charge in [0.25, 0.3) is 0 Å². The molecule has 2 aromatic carbocycles. The van der Waals surface area contributed by atoms with Gasteiger partial charge in [-0.05, 0) is 48.2 Å². The molecule has 0 spiro atoms. The first-order valence-electron chi connectivity index (χ1n) is 12.6. The zero-order chi connectivity index (χ0) is 23.7. The van der Waals surface area contributed by atoms with Gasteiger partial charge in [0.1, 0.15) is 5.75 Å². The number of carboxylic acids is 1. The van der Waals surface area contributed by atoms with Crippen molar-refractivity contribution >= 4 is 5.97 Å². The molecule has 178 valence electrons. The van der Waals surface area contributed by atoms with Gasteiger partial charge in [0.15, 0.2) is 6.10 Å². The van der Waals surface area contributed by atoms with Crippen LogP contribution in [-0.2, 0) is 4.79 Å². The Kier molecular flexibility index (Phi) is 12.8.